The van der Waals surface area contributed by atoms with Crippen molar-refractivity contribution in [3.8, 4) is 11.1 Å². The van der Waals surface area contributed by atoms with E-state index in [1.165, 1.54) is 104 Å². The molecule has 0 amide bonds. The molecular formula is C68H73NS. The lowest BCUT2D eigenvalue weighted by molar-refractivity contribution is 0.660. The molecule has 0 N–H and O–H groups in total. The van der Waals surface area contributed by atoms with Gasteiger partial charge in [-0.05, 0) is 162 Å². The van der Waals surface area contributed by atoms with Gasteiger partial charge in [-0.3, -0.25) is 0 Å². The van der Waals surface area contributed by atoms with Gasteiger partial charge in [0.05, 0.1) is 0 Å². The van der Waals surface area contributed by atoms with Crippen LogP contribution in [-0.2, 0) is 11.8 Å². The van der Waals surface area contributed by atoms with Gasteiger partial charge in [0.2, 0.25) is 0 Å². The first kappa shape index (κ1) is 52.4. The minimum absolute atomic E-state index is 0.0266. The van der Waals surface area contributed by atoms with Crippen molar-refractivity contribution in [2.75, 3.05) is 11.9 Å². The first-order valence-corrected chi connectivity index (χ1v) is 25.8. The van der Waals surface area contributed by atoms with Crippen LogP contribution >= 0.6 is 11.3 Å². The molecule has 0 saturated heterocycles. The number of anilines is 1. The number of nitrogens with zero attached hydrogens (tertiary/aromatic N) is 1. The maximum absolute atomic E-state index is 4.26. The second kappa shape index (κ2) is 24.5. The lowest BCUT2D eigenvalue weighted by Gasteiger charge is -2.23. The van der Waals surface area contributed by atoms with Gasteiger partial charge >= 0.3 is 0 Å². The molecule has 0 unspecified atom stereocenters. The van der Waals surface area contributed by atoms with Crippen LogP contribution in [0, 0.1) is 6.92 Å². The Morgan fingerprint density at radius 2 is 1.30 bits per heavy atom. The second-order valence-corrected chi connectivity index (χ2v) is 19.4. The normalized spacial score (nSPS) is 13.5. The van der Waals surface area contributed by atoms with Crippen LogP contribution in [0.5, 0.6) is 0 Å². The molecule has 0 bridgehead atoms. The molecule has 0 saturated carbocycles. The molecule has 70 heavy (non-hydrogen) atoms. The molecule has 2 heteroatoms. The van der Waals surface area contributed by atoms with E-state index in [1.54, 1.807) is 0 Å². The van der Waals surface area contributed by atoms with E-state index in [0.29, 0.717) is 0 Å². The van der Waals surface area contributed by atoms with Crippen molar-refractivity contribution in [1.29, 1.82) is 0 Å². The average Bonchev–Trinajstić information content (AvgIpc) is 3.87. The standard InChI is InChI=1S/C37H38S.C29H29N.C2H6/c1-8-14-27(9-2)28(10-3)22-31-23-29(18-17-26(31)7)34(21-25(5)6)32(11-4)30-19-20-37-35(24-30)33-15-12-13-16-36(33)38-37;1-5-12-22(23-13-7-6-8-14-23)15-11-20-30(4)24-18-19-26-25-16-9-10-17-27(25)29(2,3)28(26)21-24;1-2/h8,10-21,23-24H,3-4,9,22H2,1-2,5-7H3;5-21H,1-4H3;1-2H3/b14-8-,28-27+,34-32-;12-5-,20-11+,22-15+;. The van der Waals surface area contributed by atoms with Crippen molar-refractivity contribution < 1.29 is 0 Å². The molecule has 1 aliphatic carbocycles. The summed E-state index contributed by atoms with van der Waals surface area (Å²) >= 11 is 1.85. The van der Waals surface area contributed by atoms with Crippen molar-refractivity contribution in [3.05, 3.63) is 263 Å². The SMILES string of the molecule is C=C/C(Cc1cc(/C(C=C(C)C)=C(/C=C)c2ccc3sc4ccccc4c3c2)ccc1C)=C(\C=C/C)CC.CC.C\C=C/C(=C\C=C\N(C)c1ccc2c(c1)C(C)(C)c1ccccc1-2)c1ccccc1. The molecule has 0 spiro atoms. The fourth-order valence-electron chi connectivity index (χ4n) is 9.42. The van der Waals surface area contributed by atoms with E-state index in [4.69, 9.17) is 0 Å². The smallest absolute Gasteiger partial charge is 0.0407 e. The molecule has 7 aromatic rings. The van der Waals surface area contributed by atoms with Crippen LogP contribution in [0.4, 0.5) is 5.69 Å². The van der Waals surface area contributed by atoms with Crippen LogP contribution in [0.15, 0.2) is 224 Å². The summed E-state index contributed by atoms with van der Waals surface area (Å²) in [5, 5.41) is 2.62. The quantitative estimate of drug-likeness (QED) is 0.0776. The molecule has 0 atom stereocenters. The molecule has 0 fully saturated rings. The van der Waals surface area contributed by atoms with Crippen LogP contribution in [0.25, 0.3) is 48.0 Å². The average molecular weight is 936 g/mol. The number of aryl methyl sites for hydroxylation is 1. The summed E-state index contributed by atoms with van der Waals surface area (Å²) in [5.41, 5.74) is 20.5. The Kier molecular flexibility index (Phi) is 18.3. The predicted molar refractivity (Wildman–Crippen MR) is 315 cm³/mol. The highest BCUT2D eigenvalue weighted by atomic mass is 32.1. The van der Waals surface area contributed by atoms with Gasteiger partial charge in [-0.15, -0.1) is 11.3 Å². The number of allylic oxidation sites excluding steroid dienone is 15. The number of hydrogen-bond acceptors (Lipinski definition) is 2. The fraction of sp³-hybridized carbons (Fsp3) is 0.206. The Labute approximate surface area is 425 Å². The van der Waals surface area contributed by atoms with Gasteiger partial charge in [0.15, 0.2) is 0 Å². The third-order valence-corrected chi connectivity index (χ3v) is 14.2. The molecule has 356 valence electrons. The van der Waals surface area contributed by atoms with Gasteiger partial charge < -0.3 is 4.90 Å². The second-order valence-electron chi connectivity index (χ2n) is 18.3. The molecule has 6 aromatic carbocycles. The van der Waals surface area contributed by atoms with Crippen molar-refractivity contribution >= 4 is 53.9 Å². The summed E-state index contributed by atoms with van der Waals surface area (Å²) in [4.78, 5) is 2.19. The maximum Gasteiger partial charge on any atom is 0.0407 e. The Balaban J connectivity index is 0.000000227. The number of benzene rings is 6. The van der Waals surface area contributed by atoms with Crippen molar-refractivity contribution in [3.63, 3.8) is 0 Å². The van der Waals surface area contributed by atoms with Crippen LogP contribution in [0.1, 0.15) is 108 Å². The van der Waals surface area contributed by atoms with Gasteiger partial charge in [-0.25, -0.2) is 0 Å². The third-order valence-electron chi connectivity index (χ3n) is 13.1. The summed E-state index contributed by atoms with van der Waals surface area (Å²) in [7, 11) is 2.11. The maximum atomic E-state index is 4.26. The van der Waals surface area contributed by atoms with E-state index in [1.807, 2.05) is 43.4 Å². The summed E-state index contributed by atoms with van der Waals surface area (Å²) in [5.74, 6) is 0. The lowest BCUT2D eigenvalue weighted by atomic mass is 9.82. The van der Waals surface area contributed by atoms with Crippen LogP contribution < -0.4 is 4.90 Å². The molecule has 1 aromatic heterocycles. The molecule has 0 radical (unpaired) electrons. The zero-order chi connectivity index (χ0) is 50.4. The Morgan fingerprint density at radius 3 is 2.00 bits per heavy atom. The highest BCUT2D eigenvalue weighted by molar-refractivity contribution is 7.25. The highest BCUT2D eigenvalue weighted by Gasteiger charge is 2.35. The minimum Gasteiger partial charge on any atom is -0.351 e. The van der Waals surface area contributed by atoms with Gasteiger partial charge in [0.25, 0.3) is 0 Å². The summed E-state index contributed by atoms with van der Waals surface area (Å²) in [6.07, 6.45) is 23.2. The number of thiophene rings is 1. The molecule has 1 nitrogen and oxygen atoms in total. The predicted octanol–water partition coefficient (Wildman–Crippen LogP) is 20.1. The lowest BCUT2D eigenvalue weighted by Crippen LogP contribution is -2.16. The van der Waals surface area contributed by atoms with E-state index >= 15 is 0 Å². The monoisotopic (exact) mass is 936 g/mol. The van der Waals surface area contributed by atoms with Crippen LogP contribution in [-0.4, -0.2) is 7.05 Å². The minimum atomic E-state index is 0.0266. The molecule has 0 aliphatic heterocycles. The number of fused-ring (bicyclic) bond motifs is 6. The molecule has 1 aliphatic rings. The molecule has 1 heterocycles. The van der Waals surface area contributed by atoms with E-state index in [0.717, 1.165) is 18.4 Å². The van der Waals surface area contributed by atoms with Gasteiger partial charge in [-0.1, -0.05) is 205 Å². The van der Waals surface area contributed by atoms with Gasteiger partial charge in [-0.2, -0.15) is 0 Å². The van der Waals surface area contributed by atoms with Gasteiger partial charge in [0, 0.05) is 44.5 Å². The highest BCUT2D eigenvalue weighted by Crippen LogP contribution is 2.49. The summed E-state index contributed by atoms with van der Waals surface area (Å²) in [6, 6.07) is 48.5. The first-order chi connectivity index (χ1) is 33.9. The Bertz CT molecular complexity index is 3180. The van der Waals surface area contributed by atoms with E-state index in [9.17, 15) is 0 Å². The largest absolute Gasteiger partial charge is 0.351 e. The van der Waals surface area contributed by atoms with E-state index in [2.05, 4.69) is 257 Å². The number of hydrogen-bond donors (Lipinski definition) is 0. The van der Waals surface area contributed by atoms with Crippen molar-refractivity contribution in [2.24, 2.45) is 0 Å². The van der Waals surface area contributed by atoms with Crippen molar-refractivity contribution in [2.45, 2.75) is 87.5 Å². The molecular weight excluding hydrogens is 863 g/mol. The third kappa shape index (κ3) is 11.9. The van der Waals surface area contributed by atoms with E-state index in [-0.39, 0.29) is 5.41 Å². The Hall–Kier alpha value is -7.00. The topological polar surface area (TPSA) is 3.24 Å². The van der Waals surface area contributed by atoms with E-state index < -0.39 is 0 Å². The van der Waals surface area contributed by atoms with Crippen LogP contribution in [0.2, 0.25) is 0 Å². The van der Waals surface area contributed by atoms with Crippen LogP contribution in [0.3, 0.4) is 0 Å². The Morgan fingerprint density at radius 1 is 0.643 bits per heavy atom. The molecule has 8 rings (SSSR count). The summed E-state index contributed by atoms with van der Waals surface area (Å²) in [6.45, 7) is 29.9. The first-order valence-electron chi connectivity index (χ1n) is 25.0. The number of rotatable bonds is 14. The van der Waals surface area contributed by atoms with Crippen molar-refractivity contribution in [1.82, 2.24) is 0 Å². The zero-order valence-corrected chi connectivity index (χ0v) is 44.5. The zero-order valence-electron chi connectivity index (χ0n) is 43.7. The van der Waals surface area contributed by atoms with Gasteiger partial charge in [0.1, 0.15) is 0 Å². The summed E-state index contributed by atoms with van der Waals surface area (Å²) < 4.78 is 2.64. The fourth-order valence-corrected chi connectivity index (χ4v) is 10.5.